The molecule has 1 amide bonds. The van der Waals surface area contributed by atoms with Crippen LogP contribution in [0.1, 0.15) is 335 Å². The first kappa shape index (κ1) is 62.9. The van der Waals surface area contributed by atoms with Crippen molar-refractivity contribution in [1.82, 2.24) is 5.32 Å². The molecule has 4 heteroatoms. The molecule has 4 nitrogen and oxygen atoms in total. The number of carbonyl (C=O) groups is 1. The maximum absolute atomic E-state index is 12.5. The van der Waals surface area contributed by atoms with Gasteiger partial charge < -0.3 is 15.5 Å². The summed E-state index contributed by atoms with van der Waals surface area (Å²) in [5.74, 6) is -0.0270. The van der Waals surface area contributed by atoms with Gasteiger partial charge in [0.05, 0.1) is 18.8 Å². The van der Waals surface area contributed by atoms with Crippen molar-refractivity contribution in [2.24, 2.45) is 0 Å². The highest BCUT2D eigenvalue weighted by Crippen LogP contribution is 2.18. The summed E-state index contributed by atoms with van der Waals surface area (Å²) in [4.78, 5) is 12.5. The van der Waals surface area contributed by atoms with Gasteiger partial charge in [-0.05, 0) is 44.9 Å². The zero-order valence-electron chi connectivity index (χ0n) is 43.8. The molecule has 0 aliphatic rings. The van der Waals surface area contributed by atoms with E-state index in [4.69, 9.17) is 0 Å². The minimum absolute atomic E-state index is 0.0270. The summed E-state index contributed by atoms with van der Waals surface area (Å²) in [5.41, 5.74) is 0. The van der Waals surface area contributed by atoms with Crippen molar-refractivity contribution in [3.05, 3.63) is 24.3 Å². The largest absolute Gasteiger partial charge is 0.394 e. The molecule has 64 heavy (non-hydrogen) atoms. The van der Waals surface area contributed by atoms with Crippen molar-refractivity contribution in [1.29, 1.82) is 0 Å². The van der Waals surface area contributed by atoms with Crippen LogP contribution in [0.25, 0.3) is 0 Å². The quantitative estimate of drug-likeness (QED) is 0.0421. The van der Waals surface area contributed by atoms with Crippen LogP contribution < -0.4 is 5.32 Å². The van der Waals surface area contributed by atoms with Crippen molar-refractivity contribution in [2.45, 2.75) is 347 Å². The molecule has 0 aromatic heterocycles. The molecule has 0 bridgehead atoms. The van der Waals surface area contributed by atoms with Crippen LogP contribution in [0.3, 0.4) is 0 Å². The molecule has 0 fully saturated rings. The Morgan fingerprint density at radius 1 is 0.375 bits per heavy atom. The molecular formula is C60H117NO3. The summed E-state index contributed by atoms with van der Waals surface area (Å²) in [6, 6.07) is -0.533. The van der Waals surface area contributed by atoms with E-state index in [2.05, 4.69) is 43.5 Å². The van der Waals surface area contributed by atoms with Gasteiger partial charge in [0.15, 0.2) is 0 Å². The molecule has 2 atom stereocenters. The van der Waals surface area contributed by atoms with Crippen LogP contribution in [0.5, 0.6) is 0 Å². The summed E-state index contributed by atoms with van der Waals surface area (Å²) in [7, 11) is 0. The Labute approximate surface area is 402 Å². The second-order valence-corrected chi connectivity index (χ2v) is 20.4. The van der Waals surface area contributed by atoms with Gasteiger partial charge in [0.1, 0.15) is 0 Å². The monoisotopic (exact) mass is 900 g/mol. The standard InChI is InChI=1S/C60H117NO3/c1-3-5-7-9-11-13-15-17-18-19-20-21-22-23-24-25-26-27-28-29-30-31-32-33-34-35-36-37-38-39-40-41-42-44-46-48-50-52-54-56-60(64)61-58(57-62)59(63)55-53-51-49-47-45-43-16-14-12-10-8-6-4-2/h26-27,29-30,58-59,62-63H,3-25,28,31-57H2,1-2H3,(H,61,64)/b27-26-,30-29-. The van der Waals surface area contributed by atoms with E-state index in [0.717, 1.165) is 32.1 Å². The fraction of sp³-hybridized carbons (Fsp3) is 0.917. The second-order valence-electron chi connectivity index (χ2n) is 20.4. The fourth-order valence-corrected chi connectivity index (χ4v) is 9.45. The summed E-state index contributed by atoms with van der Waals surface area (Å²) in [6.07, 6.45) is 74.8. The van der Waals surface area contributed by atoms with E-state index >= 15 is 0 Å². The van der Waals surface area contributed by atoms with Crippen molar-refractivity contribution in [3.8, 4) is 0 Å². The SMILES string of the molecule is CCCCCCCCCCCCCCCCC/C=C\C/C=C\CCCCCCCCCCCCCCCCCCCC(=O)NC(CO)C(O)CCCCCCCCCCCCCCC. The normalized spacial score (nSPS) is 12.9. The van der Waals surface area contributed by atoms with Gasteiger partial charge in [0.25, 0.3) is 0 Å². The number of nitrogens with one attached hydrogen (secondary N) is 1. The smallest absolute Gasteiger partial charge is 0.220 e. The van der Waals surface area contributed by atoms with Crippen LogP contribution >= 0.6 is 0 Å². The Hall–Kier alpha value is -1.13. The van der Waals surface area contributed by atoms with E-state index < -0.39 is 12.1 Å². The molecule has 0 aromatic rings. The van der Waals surface area contributed by atoms with Gasteiger partial charge in [-0.1, -0.05) is 308 Å². The van der Waals surface area contributed by atoms with Gasteiger partial charge >= 0.3 is 0 Å². The van der Waals surface area contributed by atoms with Gasteiger partial charge in [-0.3, -0.25) is 4.79 Å². The number of carbonyl (C=O) groups excluding carboxylic acids is 1. The lowest BCUT2D eigenvalue weighted by atomic mass is 10.0. The first-order chi connectivity index (χ1) is 31.7. The summed E-state index contributed by atoms with van der Waals surface area (Å²) < 4.78 is 0. The molecule has 0 saturated carbocycles. The third-order valence-electron chi connectivity index (χ3n) is 14.0. The lowest BCUT2D eigenvalue weighted by Crippen LogP contribution is -2.45. The fourth-order valence-electron chi connectivity index (χ4n) is 9.45. The number of unbranched alkanes of at least 4 members (excludes halogenated alkanes) is 44. The number of aliphatic hydroxyl groups is 2. The maximum Gasteiger partial charge on any atom is 0.220 e. The Balaban J connectivity index is 3.37. The van der Waals surface area contributed by atoms with Crippen LogP contribution in [-0.4, -0.2) is 34.9 Å². The highest BCUT2D eigenvalue weighted by atomic mass is 16.3. The molecule has 0 spiro atoms. The van der Waals surface area contributed by atoms with E-state index in [1.165, 1.54) is 276 Å². The van der Waals surface area contributed by atoms with Crippen LogP contribution in [-0.2, 0) is 4.79 Å². The third kappa shape index (κ3) is 51.8. The van der Waals surface area contributed by atoms with E-state index in [0.29, 0.717) is 12.8 Å². The molecule has 0 aromatic carbocycles. The minimum Gasteiger partial charge on any atom is -0.394 e. The number of hydrogen-bond donors (Lipinski definition) is 3. The average molecular weight is 901 g/mol. The number of allylic oxidation sites excluding steroid dienone is 4. The lowest BCUT2D eigenvalue weighted by molar-refractivity contribution is -0.123. The first-order valence-corrected chi connectivity index (χ1v) is 29.5. The van der Waals surface area contributed by atoms with Crippen LogP contribution in [0.4, 0.5) is 0 Å². The molecule has 2 unspecified atom stereocenters. The Bertz CT molecular complexity index is 932. The Kier molecular flexibility index (Phi) is 55.2. The predicted octanol–water partition coefficient (Wildman–Crippen LogP) is 19.5. The van der Waals surface area contributed by atoms with Gasteiger partial charge in [0.2, 0.25) is 5.91 Å². The topological polar surface area (TPSA) is 69.6 Å². The third-order valence-corrected chi connectivity index (χ3v) is 14.0. The minimum atomic E-state index is -0.656. The molecule has 0 aliphatic carbocycles. The van der Waals surface area contributed by atoms with Gasteiger partial charge in [0, 0.05) is 6.42 Å². The zero-order valence-corrected chi connectivity index (χ0v) is 43.8. The predicted molar refractivity (Wildman–Crippen MR) is 286 cm³/mol. The summed E-state index contributed by atoms with van der Waals surface area (Å²) in [6.45, 7) is 4.38. The molecule has 0 saturated heterocycles. The number of aliphatic hydroxyl groups excluding tert-OH is 2. The first-order valence-electron chi connectivity index (χ1n) is 29.5. The molecule has 0 radical (unpaired) electrons. The lowest BCUT2D eigenvalue weighted by Gasteiger charge is -2.22. The Morgan fingerprint density at radius 3 is 0.938 bits per heavy atom. The molecule has 0 aliphatic heterocycles. The molecular weight excluding hydrogens is 783 g/mol. The van der Waals surface area contributed by atoms with Crippen molar-refractivity contribution in [3.63, 3.8) is 0 Å². The molecule has 0 heterocycles. The van der Waals surface area contributed by atoms with E-state index in [1.54, 1.807) is 0 Å². The van der Waals surface area contributed by atoms with Crippen LogP contribution in [0.15, 0.2) is 24.3 Å². The van der Waals surface area contributed by atoms with Gasteiger partial charge in [-0.25, -0.2) is 0 Å². The van der Waals surface area contributed by atoms with Crippen molar-refractivity contribution < 1.29 is 15.0 Å². The van der Waals surface area contributed by atoms with E-state index in [1.807, 2.05) is 0 Å². The number of hydrogen-bond acceptors (Lipinski definition) is 3. The van der Waals surface area contributed by atoms with E-state index in [9.17, 15) is 15.0 Å². The number of amides is 1. The van der Waals surface area contributed by atoms with Crippen LogP contribution in [0.2, 0.25) is 0 Å². The van der Waals surface area contributed by atoms with Crippen molar-refractivity contribution >= 4 is 5.91 Å². The highest BCUT2D eigenvalue weighted by Gasteiger charge is 2.20. The summed E-state index contributed by atoms with van der Waals surface area (Å²) in [5, 5.41) is 23.2. The molecule has 380 valence electrons. The average Bonchev–Trinajstić information content (AvgIpc) is 3.30. The zero-order chi connectivity index (χ0) is 46.3. The number of rotatable bonds is 55. The van der Waals surface area contributed by atoms with Crippen LogP contribution in [0, 0.1) is 0 Å². The van der Waals surface area contributed by atoms with Crippen molar-refractivity contribution in [2.75, 3.05) is 6.61 Å². The highest BCUT2D eigenvalue weighted by molar-refractivity contribution is 5.76. The molecule has 0 rings (SSSR count). The summed E-state index contributed by atoms with van der Waals surface area (Å²) >= 11 is 0. The van der Waals surface area contributed by atoms with Gasteiger partial charge in [-0.2, -0.15) is 0 Å². The second kappa shape index (κ2) is 56.2. The van der Waals surface area contributed by atoms with Gasteiger partial charge in [-0.15, -0.1) is 0 Å². The molecule has 3 N–H and O–H groups in total. The Morgan fingerprint density at radius 2 is 0.641 bits per heavy atom. The maximum atomic E-state index is 12.5. The van der Waals surface area contributed by atoms with E-state index in [-0.39, 0.29) is 12.5 Å².